The van der Waals surface area contributed by atoms with Crippen LogP contribution >= 0.6 is 0 Å². The van der Waals surface area contributed by atoms with Crippen LogP contribution in [0.4, 0.5) is 0 Å². The van der Waals surface area contributed by atoms with Gasteiger partial charge in [-0.25, -0.2) is 0 Å². The molecule has 0 aliphatic carbocycles. The lowest BCUT2D eigenvalue weighted by Crippen LogP contribution is -2.43. The number of piperazine rings is 1. The monoisotopic (exact) mass is 192 g/mol. The molecule has 76 valence electrons. The number of nitrogens with one attached hydrogen (secondary N) is 1. The molecule has 1 aromatic carbocycles. The Bertz CT molecular complexity index is 257. The fourth-order valence-electron chi connectivity index (χ4n) is 1.51. The molecule has 3 nitrogen and oxygen atoms in total. The van der Waals surface area contributed by atoms with Crippen molar-refractivity contribution in [2.45, 2.75) is 6.61 Å². The third-order valence-corrected chi connectivity index (χ3v) is 2.33. The minimum atomic E-state index is 0.681. The van der Waals surface area contributed by atoms with E-state index in [1.54, 1.807) is 0 Å². The van der Waals surface area contributed by atoms with E-state index in [1.807, 2.05) is 23.3 Å². The van der Waals surface area contributed by atoms with Gasteiger partial charge in [-0.15, -0.1) is 0 Å². The molecule has 14 heavy (non-hydrogen) atoms. The van der Waals surface area contributed by atoms with E-state index < -0.39 is 0 Å². The number of nitrogens with zero attached hydrogens (tertiary/aromatic N) is 1. The lowest BCUT2D eigenvalue weighted by Gasteiger charge is -2.26. The van der Waals surface area contributed by atoms with E-state index in [2.05, 4.69) is 17.4 Å². The van der Waals surface area contributed by atoms with Gasteiger partial charge in [-0.1, -0.05) is 30.3 Å². The van der Waals surface area contributed by atoms with E-state index in [1.165, 1.54) is 5.56 Å². The van der Waals surface area contributed by atoms with E-state index >= 15 is 0 Å². The summed E-state index contributed by atoms with van der Waals surface area (Å²) in [6.07, 6.45) is 0. The maximum absolute atomic E-state index is 5.66. The van der Waals surface area contributed by atoms with Gasteiger partial charge >= 0.3 is 0 Å². The van der Waals surface area contributed by atoms with Crippen molar-refractivity contribution in [1.29, 1.82) is 0 Å². The number of rotatable bonds is 3. The summed E-state index contributed by atoms with van der Waals surface area (Å²) in [5, 5.41) is 5.32. The number of hydrogen-bond donors (Lipinski definition) is 1. The molecule has 0 saturated carbocycles. The molecule has 2 rings (SSSR count). The highest BCUT2D eigenvalue weighted by Crippen LogP contribution is 2.03. The van der Waals surface area contributed by atoms with Gasteiger partial charge in [0.15, 0.2) is 0 Å². The predicted octanol–water partition coefficient (Wildman–Crippen LogP) is 1.02. The Morgan fingerprint density at radius 2 is 1.86 bits per heavy atom. The zero-order chi connectivity index (χ0) is 9.64. The molecule has 1 aromatic rings. The van der Waals surface area contributed by atoms with Crippen LogP contribution in [0.15, 0.2) is 30.3 Å². The van der Waals surface area contributed by atoms with Gasteiger partial charge in [-0.3, -0.25) is 4.84 Å². The smallest absolute Gasteiger partial charge is 0.0935 e. The normalized spacial score (nSPS) is 18.3. The van der Waals surface area contributed by atoms with Crippen molar-refractivity contribution in [3.8, 4) is 0 Å². The predicted molar refractivity (Wildman–Crippen MR) is 55.7 cm³/mol. The van der Waals surface area contributed by atoms with Gasteiger partial charge in [0.25, 0.3) is 0 Å². The summed E-state index contributed by atoms with van der Waals surface area (Å²) in [4.78, 5) is 5.66. The average Bonchev–Trinajstić information content (AvgIpc) is 2.29. The fraction of sp³-hybridized carbons (Fsp3) is 0.455. The van der Waals surface area contributed by atoms with Crippen molar-refractivity contribution < 1.29 is 4.84 Å². The van der Waals surface area contributed by atoms with Crippen molar-refractivity contribution in [2.24, 2.45) is 0 Å². The molecule has 0 atom stereocenters. The largest absolute Gasteiger partial charge is 0.314 e. The molecular weight excluding hydrogens is 176 g/mol. The molecule has 1 aliphatic heterocycles. The Morgan fingerprint density at radius 3 is 2.57 bits per heavy atom. The van der Waals surface area contributed by atoms with Crippen LogP contribution in [0.25, 0.3) is 0 Å². The molecule has 1 saturated heterocycles. The van der Waals surface area contributed by atoms with Crippen LogP contribution in [0.3, 0.4) is 0 Å². The molecule has 0 amide bonds. The van der Waals surface area contributed by atoms with E-state index in [0.717, 1.165) is 26.2 Å². The van der Waals surface area contributed by atoms with E-state index in [9.17, 15) is 0 Å². The molecule has 1 N–H and O–H groups in total. The van der Waals surface area contributed by atoms with Crippen molar-refractivity contribution in [3.05, 3.63) is 35.9 Å². The Morgan fingerprint density at radius 1 is 1.14 bits per heavy atom. The van der Waals surface area contributed by atoms with Crippen LogP contribution in [-0.4, -0.2) is 31.2 Å². The Balaban J connectivity index is 1.76. The standard InChI is InChI=1S/C11H16N2O/c1-2-4-11(5-3-1)10-14-13-8-6-12-7-9-13/h1-5,12H,6-10H2. The second-order valence-electron chi connectivity index (χ2n) is 3.44. The lowest BCUT2D eigenvalue weighted by molar-refractivity contribution is -0.174. The summed E-state index contributed by atoms with van der Waals surface area (Å²) in [6, 6.07) is 10.3. The van der Waals surface area contributed by atoms with Gasteiger partial charge in [0, 0.05) is 26.2 Å². The van der Waals surface area contributed by atoms with Crippen LogP contribution in [0.1, 0.15) is 5.56 Å². The van der Waals surface area contributed by atoms with Gasteiger partial charge < -0.3 is 5.32 Å². The van der Waals surface area contributed by atoms with Crippen LogP contribution < -0.4 is 5.32 Å². The summed E-state index contributed by atoms with van der Waals surface area (Å²) < 4.78 is 0. The van der Waals surface area contributed by atoms with Crippen molar-refractivity contribution in [3.63, 3.8) is 0 Å². The van der Waals surface area contributed by atoms with Crippen LogP contribution in [0, 0.1) is 0 Å². The third kappa shape index (κ3) is 2.80. The highest BCUT2D eigenvalue weighted by Gasteiger charge is 2.09. The summed E-state index contributed by atoms with van der Waals surface area (Å²) in [5.74, 6) is 0. The molecule has 0 radical (unpaired) electrons. The van der Waals surface area contributed by atoms with Crippen molar-refractivity contribution >= 4 is 0 Å². The van der Waals surface area contributed by atoms with E-state index in [0.29, 0.717) is 6.61 Å². The maximum atomic E-state index is 5.66. The quantitative estimate of drug-likeness (QED) is 0.774. The molecule has 1 aliphatic rings. The summed E-state index contributed by atoms with van der Waals surface area (Å²) in [5.41, 5.74) is 1.23. The molecule has 1 heterocycles. The van der Waals surface area contributed by atoms with Gasteiger partial charge in [-0.2, -0.15) is 5.06 Å². The number of benzene rings is 1. The second kappa shape index (κ2) is 5.10. The van der Waals surface area contributed by atoms with E-state index in [4.69, 9.17) is 4.84 Å². The van der Waals surface area contributed by atoms with Gasteiger partial charge in [0.2, 0.25) is 0 Å². The van der Waals surface area contributed by atoms with Crippen LogP contribution in [0.2, 0.25) is 0 Å². The van der Waals surface area contributed by atoms with Gasteiger partial charge in [0.1, 0.15) is 0 Å². The topological polar surface area (TPSA) is 24.5 Å². The SMILES string of the molecule is c1ccc(CON2CCNCC2)cc1. The lowest BCUT2D eigenvalue weighted by atomic mass is 10.2. The van der Waals surface area contributed by atoms with Gasteiger partial charge in [0.05, 0.1) is 6.61 Å². The first-order valence-electron chi connectivity index (χ1n) is 5.08. The second-order valence-corrected chi connectivity index (χ2v) is 3.44. The minimum Gasteiger partial charge on any atom is -0.314 e. The van der Waals surface area contributed by atoms with Gasteiger partial charge in [-0.05, 0) is 5.56 Å². The summed E-state index contributed by atoms with van der Waals surface area (Å²) in [7, 11) is 0. The Hall–Kier alpha value is -0.900. The summed E-state index contributed by atoms with van der Waals surface area (Å²) in [6.45, 7) is 4.68. The zero-order valence-electron chi connectivity index (χ0n) is 8.28. The first-order chi connectivity index (χ1) is 6.95. The average molecular weight is 192 g/mol. The van der Waals surface area contributed by atoms with Crippen LogP contribution in [0.5, 0.6) is 0 Å². The summed E-state index contributed by atoms with van der Waals surface area (Å²) >= 11 is 0. The highest BCUT2D eigenvalue weighted by atomic mass is 16.7. The number of hydroxylamine groups is 2. The zero-order valence-corrected chi connectivity index (χ0v) is 8.28. The minimum absolute atomic E-state index is 0.681. The molecule has 1 fully saturated rings. The van der Waals surface area contributed by atoms with E-state index in [-0.39, 0.29) is 0 Å². The third-order valence-electron chi connectivity index (χ3n) is 2.33. The molecule has 0 bridgehead atoms. The molecular formula is C11H16N2O. The molecule has 0 spiro atoms. The molecule has 3 heteroatoms. The maximum Gasteiger partial charge on any atom is 0.0935 e. The number of hydrogen-bond acceptors (Lipinski definition) is 3. The first-order valence-corrected chi connectivity index (χ1v) is 5.08. The van der Waals surface area contributed by atoms with Crippen LogP contribution in [-0.2, 0) is 11.4 Å². The highest BCUT2D eigenvalue weighted by molar-refractivity contribution is 5.13. The van der Waals surface area contributed by atoms with Crippen molar-refractivity contribution in [1.82, 2.24) is 10.4 Å². The molecule has 0 unspecified atom stereocenters. The Labute approximate surface area is 84.6 Å². The fourth-order valence-corrected chi connectivity index (χ4v) is 1.51. The van der Waals surface area contributed by atoms with Crippen molar-refractivity contribution in [2.75, 3.05) is 26.2 Å². The molecule has 0 aromatic heterocycles. The first kappa shape index (κ1) is 9.65. The Kier molecular flexibility index (Phi) is 3.51.